The van der Waals surface area contributed by atoms with Crippen molar-refractivity contribution in [3.63, 3.8) is 0 Å². The van der Waals surface area contributed by atoms with E-state index in [1.165, 1.54) is 18.6 Å². The van der Waals surface area contributed by atoms with Crippen molar-refractivity contribution in [1.29, 1.82) is 0 Å². The van der Waals surface area contributed by atoms with E-state index in [0.717, 1.165) is 38.3 Å². The Morgan fingerprint density at radius 3 is 2.60 bits per heavy atom. The molecule has 1 fully saturated rings. The van der Waals surface area contributed by atoms with Crippen LogP contribution in [0.4, 0.5) is 11.4 Å². The van der Waals surface area contributed by atoms with Gasteiger partial charge in [-0.3, -0.25) is 10.1 Å². The Labute approximate surface area is 148 Å². The number of nitro benzene ring substituents is 1. The highest BCUT2D eigenvalue weighted by molar-refractivity contribution is 5.85. The number of nitrogens with zero attached hydrogens (tertiary/aromatic N) is 2. The van der Waals surface area contributed by atoms with E-state index in [2.05, 4.69) is 18.7 Å². The molecule has 0 atom stereocenters. The first-order valence-corrected chi connectivity index (χ1v) is 8.84. The lowest BCUT2D eigenvalue weighted by Crippen LogP contribution is -2.39. The predicted molar refractivity (Wildman–Crippen MR) is 98.8 cm³/mol. The number of hydrogen-bond donors (Lipinski definition) is 1. The van der Waals surface area contributed by atoms with Crippen molar-refractivity contribution in [2.75, 3.05) is 11.4 Å². The minimum atomic E-state index is -1.07. The summed E-state index contributed by atoms with van der Waals surface area (Å²) in [6.45, 7) is 5.01. The van der Waals surface area contributed by atoms with Crippen molar-refractivity contribution in [2.24, 2.45) is 5.92 Å². The van der Waals surface area contributed by atoms with Crippen LogP contribution in [-0.4, -0.2) is 28.6 Å². The first kappa shape index (κ1) is 19.0. The summed E-state index contributed by atoms with van der Waals surface area (Å²) in [6, 6.07) is 5.30. The Balaban J connectivity index is 2.40. The standard InChI is InChI=1S/C19H26N2O4/c1-14(2)13-20(16-6-4-3-5-7-16)17-10-8-15(9-11-19(22)23)12-18(17)21(24)25/h8-12,14,16H,3-7,13H2,1-2H3,(H,22,23). The van der Waals surface area contributed by atoms with E-state index in [-0.39, 0.29) is 10.6 Å². The van der Waals surface area contributed by atoms with Crippen LogP contribution in [0.5, 0.6) is 0 Å². The van der Waals surface area contributed by atoms with Gasteiger partial charge in [0.05, 0.1) is 4.92 Å². The molecule has 0 unspecified atom stereocenters. The molecule has 136 valence electrons. The number of anilines is 1. The van der Waals surface area contributed by atoms with Gasteiger partial charge in [-0.15, -0.1) is 0 Å². The number of carboxylic acid groups (broad SMARTS) is 1. The van der Waals surface area contributed by atoms with Crippen molar-refractivity contribution in [2.45, 2.75) is 52.0 Å². The Bertz CT molecular complexity index is 649. The van der Waals surface area contributed by atoms with Crippen LogP contribution in [0.3, 0.4) is 0 Å². The maximum absolute atomic E-state index is 11.6. The van der Waals surface area contributed by atoms with Crippen molar-refractivity contribution < 1.29 is 14.8 Å². The van der Waals surface area contributed by atoms with Gasteiger partial charge >= 0.3 is 5.97 Å². The van der Waals surface area contributed by atoms with Gasteiger partial charge in [0.15, 0.2) is 0 Å². The summed E-state index contributed by atoms with van der Waals surface area (Å²) in [5.74, 6) is -0.677. The largest absolute Gasteiger partial charge is 0.478 e. The number of hydrogen-bond acceptors (Lipinski definition) is 4. The summed E-state index contributed by atoms with van der Waals surface area (Å²) in [7, 11) is 0. The molecule has 0 aromatic heterocycles. The van der Waals surface area contributed by atoms with Crippen LogP contribution in [-0.2, 0) is 4.79 Å². The lowest BCUT2D eigenvalue weighted by atomic mass is 9.93. The highest BCUT2D eigenvalue weighted by atomic mass is 16.6. The molecule has 2 rings (SSSR count). The molecule has 1 aliphatic carbocycles. The molecule has 1 N–H and O–H groups in total. The van der Waals surface area contributed by atoms with E-state index in [4.69, 9.17) is 5.11 Å². The van der Waals surface area contributed by atoms with E-state index < -0.39 is 5.97 Å². The quantitative estimate of drug-likeness (QED) is 0.447. The van der Waals surface area contributed by atoms with Gasteiger partial charge in [-0.1, -0.05) is 39.2 Å². The van der Waals surface area contributed by atoms with E-state index in [0.29, 0.717) is 23.2 Å². The van der Waals surface area contributed by atoms with Crippen LogP contribution in [0.2, 0.25) is 0 Å². The SMILES string of the molecule is CC(C)CN(c1ccc(C=CC(=O)O)cc1[N+](=O)[O-])C1CCCCC1. The minimum absolute atomic E-state index is 0.0405. The van der Waals surface area contributed by atoms with Crippen LogP contribution < -0.4 is 4.90 Å². The molecule has 1 aliphatic rings. The monoisotopic (exact) mass is 346 g/mol. The Morgan fingerprint density at radius 2 is 2.04 bits per heavy atom. The van der Waals surface area contributed by atoms with Crippen molar-refractivity contribution in [3.8, 4) is 0 Å². The zero-order valence-corrected chi connectivity index (χ0v) is 14.9. The minimum Gasteiger partial charge on any atom is -0.478 e. The molecule has 0 spiro atoms. The molecule has 0 radical (unpaired) electrons. The lowest BCUT2D eigenvalue weighted by molar-refractivity contribution is -0.384. The Hall–Kier alpha value is -2.37. The zero-order chi connectivity index (χ0) is 18.4. The summed E-state index contributed by atoms with van der Waals surface area (Å²) < 4.78 is 0. The summed E-state index contributed by atoms with van der Waals surface area (Å²) in [5.41, 5.74) is 1.20. The molecule has 1 saturated carbocycles. The normalized spacial score (nSPS) is 15.6. The van der Waals surface area contributed by atoms with Gasteiger partial charge in [0, 0.05) is 24.7 Å². The summed E-state index contributed by atoms with van der Waals surface area (Å²) in [4.78, 5) is 24.1. The third-order valence-corrected chi connectivity index (χ3v) is 4.50. The third-order valence-electron chi connectivity index (χ3n) is 4.50. The van der Waals surface area contributed by atoms with Gasteiger partial charge in [0.25, 0.3) is 5.69 Å². The lowest BCUT2D eigenvalue weighted by Gasteiger charge is -2.37. The maximum Gasteiger partial charge on any atom is 0.328 e. The molecule has 0 heterocycles. The molecule has 0 bridgehead atoms. The first-order valence-electron chi connectivity index (χ1n) is 8.84. The second-order valence-corrected chi connectivity index (χ2v) is 7.01. The Morgan fingerprint density at radius 1 is 1.36 bits per heavy atom. The number of nitro groups is 1. The maximum atomic E-state index is 11.6. The van der Waals surface area contributed by atoms with Crippen molar-refractivity contribution in [3.05, 3.63) is 40.0 Å². The Kier molecular flexibility index (Phi) is 6.56. The molecule has 6 nitrogen and oxygen atoms in total. The van der Waals surface area contributed by atoms with Crippen LogP contribution in [0.25, 0.3) is 6.08 Å². The summed E-state index contributed by atoms with van der Waals surface area (Å²) in [5, 5.41) is 20.4. The fourth-order valence-corrected chi connectivity index (χ4v) is 3.43. The topological polar surface area (TPSA) is 83.7 Å². The highest BCUT2D eigenvalue weighted by Crippen LogP contribution is 2.35. The molecular weight excluding hydrogens is 320 g/mol. The number of carbonyl (C=O) groups is 1. The van der Waals surface area contributed by atoms with Gasteiger partial charge in [0.1, 0.15) is 5.69 Å². The van der Waals surface area contributed by atoms with Crippen LogP contribution in [0.15, 0.2) is 24.3 Å². The zero-order valence-electron chi connectivity index (χ0n) is 14.9. The van der Waals surface area contributed by atoms with Crippen LogP contribution in [0, 0.1) is 16.0 Å². The van der Waals surface area contributed by atoms with Gasteiger partial charge in [-0.25, -0.2) is 4.79 Å². The smallest absolute Gasteiger partial charge is 0.328 e. The highest BCUT2D eigenvalue weighted by Gasteiger charge is 2.27. The molecule has 1 aromatic rings. The average molecular weight is 346 g/mol. The molecule has 0 aliphatic heterocycles. The van der Waals surface area contributed by atoms with Gasteiger partial charge in [0.2, 0.25) is 0 Å². The van der Waals surface area contributed by atoms with Gasteiger partial charge in [-0.2, -0.15) is 0 Å². The second kappa shape index (κ2) is 8.65. The third kappa shape index (κ3) is 5.31. The number of rotatable bonds is 7. The number of benzene rings is 1. The number of aliphatic carboxylic acids is 1. The average Bonchev–Trinajstić information content (AvgIpc) is 2.58. The fourth-order valence-electron chi connectivity index (χ4n) is 3.43. The van der Waals surface area contributed by atoms with Crippen LogP contribution >= 0.6 is 0 Å². The summed E-state index contributed by atoms with van der Waals surface area (Å²) >= 11 is 0. The molecule has 0 amide bonds. The predicted octanol–water partition coefficient (Wildman–Crippen LogP) is 4.49. The first-order chi connectivity index (χ1) is 11.9. The van der Waals surface area contributed by atoms with E-state index >= 15 is 0 Å². The van der Waals surface area contributed by atoms with E-state index in [1.807, 2.05) is 0 Å². The van der Waals surface area contributed by atoms with Gasteiger partial charge < -0.3 is 10.0 Å². The molecule has 0 saturated heterocycles. The van der Waals surface area contributed by atoms with Crippen molar-refractivity contribution in [1.82, 2.24) is 0 Å². The van der Waals surface area contributed by atoms with Gasteiger partial charge in [-0.05, 0) is 36.5 Å². The fraction of sp³-hybridized carbons (Fsp3) is 0.526. The van der Waals surface area contributed by atoms with Crippen LogP contribution in [0.1, 0.15) is 51.5 Å². The van der Waals surface area contributed by atoms with E-state index in [9.17, 15) is 14.9 Å². The molecule has 25 heavy (non-hydrogen) atoms. The number of carboxylic acids is 1. The molecule has 1 aromatic carbocycles. The summed E-state index contributed by atoms with van der Waals surface area (Å²) in [6.07, 6.45) is 8.04. The van der Waals surface area contributed by atoms with E-state index in [1.54, 1.807) is 12.1 Å². The molecule has 6 heteroatoms. The second-order valence-electron chi connectivity index (χ2n) is 7.01. The molecular formula is C19H26N2O4. The van der Waals surface area contributed by atoms with Crippen molar-refractivity contribution >= 4 is 23.4 Å².